The molecule has 0 amide bonds. The van der Waals surface area contributed by atoms with E-state index in [0.717, 1.165) is 66.8 Å². The van der Waals surface area contributed by atoms with E-state index in [2.05, 4.69) is 203 Å². The summed E-state index contributed by atoms with van der Waals surface area (Å²) in [4.78, 5) is 9.14. The molecule has 4 heteroatoms. The second kappa shape index (κ2) is 13.6. The van der Waals surface area contributed by atoms with Crippen LogP contribution in [0.15, 0.2) is 195 Å². The molecule has 0 N–H and O–H groups in total. The fourth-order valence-electron chi connectivity index (χ4n) is 9.08. The number of nitrogens with zero attached hydrogens (tertiary/aromatic N) is 4. The Kier molecular flexibility index (Phi) is 7.90. The summed E-state index contributed by atoms with van der Waals surface area (Å²) >= 11 is 0. The van der Waals surface area contributed by atoms with Crippen LogP contribution in [-0.2, 0) is 0 Å². The molecule has 0 spiro atoms. The number of benzene rings is 7. The third kappa shape index (κ3) is 5.30. The van der Waals surface area contributed by atoms with Gasteiger partial charge in [-0.2, -0.15) is 0 Å². The minimum absolute atomic E-state index is 1.10. The van der Waals surface area contributed by atoms with Gasteiger partial charge in [0.15, 0.2) is 0 Å². The summed E-state index contributed by atoms with van der Waals surface area (Å²) in [6.45, 7) is 4.34. The quantitative estimate of drug-likeness (QED) is 0.170. The molecule has 0 aliphatic heterocycles. The van der Waals surface area contributed by atoms with E-state index in [1.165, 1.54) is 43.8 Å². The van der Waals surface area contributed by atoms with Crippen LogP contribution in [0.25, 0.3) is 99.5 Å². The normalized spacial score (nSPS) is 11.6. The number of fused-ring (bicyclic) bond motifs is 6. The maximum atomic E-state index is 4.60. The van der Waals surface area contributed by atoms with Crippen molar-refractivity contribution in [1.29, 1.82) is 0 Å². The van der Waals surface area contributed by atoms with Crippen LogP contribution in [0.3, 0.4) is 0 Å². The van der Waals surface area contributed by atoms with Crippen molar-refractivity contribution in [1.82, 2.24) is 19.1 Å². The van der Waals surface area contributed by atoms with Crippen molar-refractivity contribution in [3.8, 4) is 55.9 Å². The molecule has 0 radical (unpaired) electrons. The minimum Gasteiger partial charge on any atom is -0.309 e. The molecule has 0 unspecified atom stereocenters. The van der Waals surface area contributed by atoms with Gasteiger partial charge in [0.25, 0.3) is 0 Å². The summed E-state index contributed by atoms with van der Waals surface area (Å²) < 4.78 is 4.98. The summed E-state index contributed by atoms with van der Waals surface area (Å²) in [5, 5.41) is 4.85. The van der Waals surface area contributed by atoms with E-state index in [0.29, 0.717) is 0 Å². The van der Waals surface area contributed by atoms with Gasteiger partial charge in [-0.3, -0.25) is 9.97 Å². The first kappa shape index (κ1) is 33.8. The van der Waals surface area contributed by atoms with E-state index >= 15 is 0 Å². The number of rotatable bonds is 6. The van der Waals surface area contributed by atoms with Gasteiger partial charge in [0, 0.05) is 57.5 Å². The predicted octanol–water partition coefficient (Wildman–Crippen LogP) is 14.0. The molecule has 11 aromatic rings. The Balaban J connectivity index is 1.31. The van der Waals surface area contributed by atoms with Crippen LogP contribution in [0.4, 0.5) is 0 Å². The molecule has 58 heavy (non-hydrogen) atoms. The van der Waals surface area contributed by atoms with Gasteiger partial charge < -0.3 is 9.13 Å². The maximum absolute atomic E-state index is 4.60. The number of aromatic nitrogens is 4. The molecular weight excluding hydrogens is 705 g/mol. The lowest BCUT2D eigenvalue weighted by Gasteiger charge is -2.24. The second-order valence-electron chi connectivity index (χ2n) is 15.1. The monoisotopic (exact) mass is 742 g/mol. The first-order valence-electron chi connectivity index (χ1n) is 19.8. The van der Waals surface area contributed by atoms with Crippen molar-refractivity contribution in [2.24, 2.45) is 0 Å². The highest BCUT2D eigenvalue weighted by Gasteiger charge is 2.26. The molecule has 0 atom stereocenters. The smallest absolute Gasteiger partial charge is 0.0640 e. The Hall–Kier alpha value is -7.56. The predicted molar refractivity (Wildman–Crippen MR) is 242 cm³/mol. The zero-order chi connectivity index (χ0) is 38.7. The lowest BCUT2D eigenvalue weighted by atomic mass is 9.91. The molecular formula is C54H38N4. The molecule has 4 heterocycles. The van der Waals surface area contributed by atoms with Gasteiger partial charge in [-0.05, 0) is 113 Å². The van der Waals surface area contributed by atoms with Gasteiger partial charge in [0.1, 0.15) is 0 Å². The third-order valence-electron chi connectivity index (χ3n) is 11.8. The van der Waals surface area contributed by atoms with Crippen LogP contribution in [0, 0.1) is 13.8 Å². The van der Waals surface area contributed by atoms with Crippen LogP contribution in [0.5, 0.6) is 0 Å². The first-order valence-corrected chi connectivity index (χ1v) is 19.8. The third-order valence-corrected chi connectivity index (χ3v) is 11.8. The molecule has 0 aliphatic carbocycles. The zero-order valence-corrected chi connectivity index (χ0v) is 32.3. The van der Waals surface area contributed by atoms with Crippen LogP contribution in [0.2, 0.25) is 0 Å². The standard InChI is InChI=1S/C54H38N4/c1-35-33-55-29-27-41(35)45-23-26-52(57-48-19-11-9-17-43(48)46-31-39(21-24-50(46)57)37-13-5-3-6-14-37)53(42-28-30-56-34-36(42)2)54(45)58-49-20-12-10-18-44(49)47-32-40(22-25-51(47)58)38-15-7-4-8-16-38/h3-34H,1-2H3. The summed E-state index contributed by atoms with van der Waals surface area (Å²) in [5.41, 5.74) is 18.4. The largest absolute Gasteiger partial charge is 0.309 e. The Morgan fingerprint density at radius 2 is 0.845 bits per heavy atom. The van der Waals surface area contributed by atoms with Crippen molar-refractivity contribution in [2.75, 3.05) is 0 Å². The number of hydrogen-bond acceptors (Lipinski definition) is 2. The van der Waals surface area contributed by atoms with E-state index in [1.807, 2.05) is 24.8 Å². The summed E-state index contributed by atoms with van der Waals surface area (Å²) in [6, 6.07) is 61.8. The van der Waals surface area contributed by atoms with Crippen molar-refractivity contribution in [3.05, 3.63) is 206 Å². The molecule has 7 aromatic carbocycles. The first-order chi connectivity index (χ1) is 28.6. The molecule has 4 aromatic heterocycles. The van der Waals surface area contributed by atoms with Gasteiger partial charge in [-0.15, -0.1) is 0 Å². The van der Waals surface area contributed by atoms with Crippen LogP contribution in [-0.4, -0.2) is 19.1 Å². The van der Waals surface area contributed by atoms with Gasteiger partial charge >= 0.3 is 0 Å². The van der Waals surface area contributed by atoms with E-state index in [-0.39, 0.29) is 0 Å². The van der Waals surface area contributed by atoms with Crippen molar-refractivity contribution in [3.63, 3.8) is 0 Å². The maximum Gasteiger partial charge on any atom is 0.0640 e. The zero-order valence-electron chi connectivity index (χ0n) is 32.3. The van der Waals surface area contributed by atoms with Gasteiger partial charge in [-0.1, -0.05) is 115 Å². The van der Waals surface area contributed by atoms with Crippen molar-refractivity contribution < 1.29 is 0 Å². The highest BCUT2D eigenvalue weighted by Crippen LogP contribution is 2.47. The van der Waals surface area contributed by atoms with Crippen molar-refractivity contribution >= 4 is 43.6 Å². The average molecular weight is 743 g/mol. The number of hydrogen-bond donors (Lipinski definition) is 0. The second-order valence-corrected chi connectivity index (χ2v) is 15.1. The van der Waals surface area contributed by atoms with E-state index in [9.17, 15) is 0 Å². The fourth-order valence-corrected chi connectivity index (χ4v) is 9.08. The number of pyridine rings is 2. The lowest BCUT2D eigenvalue weighted by molar-refractivity contribution is 1.13. The molecule has 4 nitrogen and oxygen atoms in total. The molecule has 0 bridgehead atoms. The van der Waals surface area contributed by atoms with E-state index in [4.69, 9.17) is 0 Å². The van der Waals surface area contributed by atoms with Crippen LogP contribution < -0.4 is 0 Å². The van der Waals surface area contributed by atoms with Crippen molar-refractivity contribution in [2.45, 2.75) is 13.8 Å². The molecule has 11 rings (SSSR count). The molecule has 0 fully saturated rings. The average Bonchev–Trinajstić information content (AvgIpc) is 3.79. The van der Waals surface area contributed by atoms with Gasteiger partial charge in [-0.25, -0.2) is 0 Å². The topological polar surface area (TPSA) is 35.6 Å². The summed E-state index contributed by atoms with van der Waals surface area (Å²) in [7, 11) is 0. The Labute approximate surface area is 337 Å². The number of para-hydroxylation sites is 2. The van der Waals surface area contributed by atoms with Gasteiger partial charge in [0.05, 0.1) is 33.4 Å². The highest BCUT2D eigenvalue weighted by molar-refractivity contribution is 6.14. The van der Waals surface area contributed by atoms with E-state index < -0.39 is 0 Å². The molecule has 0 saturated carbocycles. The Morgan fingerprint density at radius 1 is 0.362 bits per heavy atom. The van der Waals surface area contributed by atoms with E-state index in [1.54, 1.807) is 0 Å². The number of aryl methyl sites for hydroxylation is 2. The summed E-state index contributed by atoms with van der Waals surface area (Å²) in [5.74, 6) is 0. The fraction of sp³-hybridized carbons (Fsp3) is 0.0370. The molecule has 0 saturated heterocycles. The van der Waals surface area contributed by atoms with Gasteiger partial charge in [0.2, 0.25) is 0 Å². The summed E-state index contributed by atoms with van der Waals surface area (Å²) in [6.07, 6.45) is 7.80. The van der Waals surface area contributed by atoms with Crippen LogP contribution in [0.1, 0.15) is 11.1 Å². The van der Waals surface area contributed by atoms with Crippen LogP contribution >= 0.6 is 0 Å². The Morgan fingerprint density at radius 3 is 1.41 bits per heavy atom. The highest BCUT2D eigenvalue weighted by atomic mass is 15.0. The molecule has 274 valence electrons. The minimum atomic E-state index is 1.10. The SMILES string of the molecule is Cc1cnccc1-c1ccc(-n2c3ccccc3c3cc(-c4ccccc4)ccc32)c(-c2ccncc2C)c1-n1c2ccccc2c2cc(-c3ccccc3)ccc21. The molecule has 0 aliphatic rings. The lowest BCUT2D eigenvalue weighted by Crippen LogP contribution is -2.07. The Bertz CT molecular complexity index is 3350.